The molecule has 27 heavy (non-hydrogen) atoms. The van der Waals surface area contributed by atoms with Gasteiger partial charge in [0, 0.05) is 31.7 Å². The molecule has 1 aliphatic heterocycles. The van der Waals surface area contributed by atoms with Crippen LogP contribution in [0, 0.1) is 5.92 Å². The predicted molar refractivity (Wildman–Crippen MR) is 111 cm³/mol. The van der Waals surface area contributed by atoms with Crippen LogP contribution >= 0.6 is 11.6 Å². The van der Waals surface area contributed by atoms with Crippen molar-refractivity contribution in [3.63, 3.8) is 0 Å². The highest BCUT2D eigenvalue weighted by molar-refractivity contribution is 6.31. The standard InChI is InChI=1S/C22H28ClN3O/c1-25(17-20-9-5-6-10-21(20)23)22(27)24-15-18-11-13-26(14-12-18)16-19-7-3-2-4-8-19/h2-10,18H,11-17H2,1H3,(H,24,27). The van der Waals surface area contributed by atoms with Gasteiger partial charge in [-0.1, -0.05) is 60.1 Å². The summed E-state index contributed by atoms with van der Waals surface area (Å²) in [5.74, 6) is 0.551. The van der Waals surface area contributed by atoms with Gasteiger partial charge in [0.2, 0.25) is 0 Å². The number of carbonyl (C=O) groups is 1. The van der Waals surface area contributed by atoms with Crippen LogP contribution in [0.15, 0.2) is 54.6 Å². The minimum absolute atomic E-state index is 0.0402. The van der Waals surface area contributed by atoms with E-state index in [0.29, 0.717) is 17.5 Å². The number of urea groups is 1. The largest absolute Gasteiger partial charge is 0.338 e. The Morgan fingerprint density at radius 2 is 1.78 bits per heavy atom. The normalized spacial score (nSPS) is 15.5. The number of hydrogen-bond donors (Lipinski definition) is 1. The number of rotatable bonds is 6. The molecule has 1 aliphatic rings. The maximum atomic E-state index is 12.4. The van der Waals surface area contributed by atoms with Crippen molar-refractivity contribution in [3.8, 4) is 0 Å². The maximum Gasteiger partial charge on any atom is 0.317 e. The quantitative estimate of drug-likeness (QED) is 0.800. The Kier molecular flexibility index (Phi) is 7.13. The third kappa shape index (κ3) is 5.98. The first-order chi connectivity index (χ1) is 13.1. The van der Waals surface area contributed by atoms with Crippen molar-refractivity contribution in [3.05, 3.63) is 70.7 Å². The van der Waals surface area contributed by atoms with Crippen LogP contribution in [0.1, 0.15) is 24.0 Å². The van der Waals surface area contributed by atoms with Gasteiger partial charge in [0.1, 0.15) is 0 Å². The zero-order valence-corrected chi connectivity index (χ0v) is 16.7. The molecule has 0 aromatic heterocycles. The molecule has 2 amide bonds. The lowest BCUT2D eigenvalue weighted by atomic mass is 9.96. The van der Waals surface area contributed by atoms with E-state index >= 15 is 0 Å². The highest BCUT2D eigenvalue weighted by atomic mass is 35.5. The van der Waals surface area contributed by atoms with E-state index in [9.17, 15) is 4.79 Å². The Balaban J connectivity index is 1.38. The molecule has 0 unspecified atom stereocenters. The minimum Gasteiger partial charge on any atom is -0.338 e. The van der Waals surface area contributed by atoms with E-state index in [4.69, 9.17) is 11.6 Å². The zero-order valence-electron chi connectivity index (χ0n) is 15.9. The fourth-order valence-corrected chi connectivity index (χ4v) is 3.71. The number of carbonyl (C=O) groups excluding carboxylic acids is 1. The molecular weight excluding hydrogens is 358 g/mol. The Labute approximate surface area is 167 Å². The van der Waals surface area contributed by atoms with E-state index in [2.05, 4.69) is 40.5 Å². The molecule has 144 valence electrons. The third-order valence-electron chi connectivity index (χ3n) is 5.21. The summed E-state index contributed by atoms with van der Waals surface area (Å²) in [7, 11) is 1.81. The first-order valence-corrected chi connectivity index (χ1v) is 9.98. The molecule has 1 saturated heterocycles. The highest BCUT2D eigenvalue weighted by Crippen LogP contribution is 2.19. The van der Waals surface area contributed by atoms with E-state index in [1.165, 1.54) is 5.56 Å². The summed E-state index contributed by atoms with van der Waals surface area (Å²) in [6.07, 6.45) is 2.25. The number of nitrogens with one attached hydrogen (secondary N) is 1. The molecule has 1 fully saturated rings. The Hall–Kier alpha value is -2.04. The van der Waals surface area contributed by atoms with Crippen molar-refractivity contribution < 1.29 is 4.79 Å². The average Bonchev–Trinajstić information content (AvgIpc) is 2.69. The molecule has 3 rings (SSSR count). The van der Waals surface area contributed by atoms with Gasteiger partial charge in [-0.2, -0.15) is 0 Å². The molecule has 4 nitrogen and oxygen atoms in total. The molecule has 0 saturated carbocycles. The second-order valence-corrected chi connectivity index (χ2v) is 7.75. The van der Waals surface area contributed by atoms with E-state index < -0.39 is 0 Å². The molecular formula is C22H28ClN3O. The average molecular weight is 386 g/mol. The predicted octanol–water partition coefficient (Wildman–Crippen LogP) is 4.39. The van der Waals surface area contributed by atoms with Crippen LogP contribution in [0.4, 0.5) is 4.79 Å². The van der Waals surface area contributed by atoms with Crippen molar-refractivity contribution in [2.45, 2.75) is 25.9 Å². The fraction of sp³-hybridized carbons (Fsp3) is 0.409. The number of benzene rings is 2. The highest BCUT2D eigenvalue weighted by Gasteiger charge is 2.20. The molecule has 5 heteroatoms. The van der Waals surface area contributed by atoms with Crippen LogP contribution in [-0.2, 0) is 13.1 Å². The fourth-order valence-electron chi connectivity index (χ4n) is 3.51. The number of halogens is 1. The lowest BCUT2D eigenvalue weighted by Gasteiger charge is -2.32. The van der Waals surface area contributed by atoms with Crippen LogP contribution in [0.5, 0.6) is 0 Å². The van der Waals surface area contributed by atoms with E-state index in [1.54, 1.807) is 11.9 Å². The molecule has 0 aliphatic carbocycles. The monoisotopic (exact) mass is 385 g/mol. The van der Waals surface area contributed by atoms with Gasteiger partial charge in [0.25, 0.3) is 0 Å². The summed E-state index contributed by atoms with van der Waals surface area (Å²) in [5.41, 5.74) is 2.33. The molecule has 0 atom stereocenters. The van der Waals surface area contributed by atoms with Crippen LogP contribution in [0.3, 0.4) is 0 Å². The molecule has 2 aromatic carbocycles. The van der Waals surface area contributed by atoms with Gasteiger partial charge in [-0.05, 0) is 49.0 Å². The summed E-state index contributed by atoms with van der Waals surface area (Å²) in [4.78, 5) is 16.6. The van der Waals surface area contributed by atoms with Gasteiger partial charge >= 0.3 is 6.03 Å². The van der Waals surface area contributed by atoms with Crippen LogP contribution in [0.25, 0.3) is 0 Å². The van der Waals surface area contributed by atoms with Gasteiger partial charge < -0.3 is 10.2 Å². The van der Waals surface area contributed by atoms with Gasteiger partial charge in [-0.15, -0.1) is 0 Å². The maximum absolute atomic E-state index is 12.4. The third-order valence-corrected chi connectivity index (χ3v) is 5.58. The first-order valence-electron chi connectivity index (χ1n) is 9.60. The molecule has 2 aromatic rings. The topological polar surface area (TPSA) is 35.6 Å². The van der Waals surface area contributed by atoms with Gasteiger partial charge in [0.05, 0.1) is 0 Å². The van der Waals surface area contributed by atoms with Crippen molar-refractivity contribution >= 4 is 17.6 Å². The summed E-state index contributed by atoms with van der Waals surface area (Å²) in [6, 6.07) is 18.2. The van der Waals surface area contributed by atoms with Crippen molar-refractivity contribution in [1.82, 2.24) is 15.1 Å². The SMILES string of the molecule is CN(Cc1ccccc1Cl)C(=O)NCC1CCN(Cc2ccccc2)CC1. The summed E-state index contributed by atoms with van der Waals surface area (Å²) >= 11 is 6.18. The number of amides is 2. The molecule has 0 radical (unpaired) electrons. The van der Waals surface area contributed by atoms with Gasteiger partial charge in [-0.3, -0.25) is 4.90 Å². The number of likely N-dealkylation sites (tertiary alicyclic amines) is 1. The second-order valence-electron chi connectivity index (χ2n) is 7.34. The number of piperidine rings is 1. The Morgan fingerprint density at radius 1 is 1.11 bits per heavy atom. The second kappa shape index (κ2) is 9.77. The summed E-state index contributed by atoms with van der Waals surface area (Å²) in [5, 5.41) is 3.78. The zero-order chi connectivity index (χ0) is 19.1. The smallest absolute Gasteiger partial charge is 0.317 e. The molecule has 0 bridgehead atoms. The molecule has 1 heterocycles. The van der Waals surface area contributed by atoms with Crippen LogP contribution in [-0.4, -0.2) is 42.5 Å². The molecule has 0 spiro atoms. The van der Waals surface area contributed by atoms with Gasteiger partial charge in [0.15, 0.2) is 0 Å². The lowest BCUT2D eigenvalue weighted by Crippen LogP contribution is -2.42. The van der Waals surface area contributed by atoms with E-state index in [-0.39, 0.29) is 6.03 Å². The first kappa shape index (κ1) is 19.7. The number of hydrogen-bond acceptors (Lipinski definition) is 2. The van der Waals surface area contributed by atoms with Crippen molar-refractivity contribution in [2.75, 3.05) is 26.7 Å². The Morgan fingerprint density at radius 3 is 2.48 bits per heavy atom. The summed E-state index contributed by atoms with van der Waals surface area (Å²) in [6.45, 7) is 4.45. The lowest BCUT2D eigenvalue weighted by molar-refractivity contribution is 0.170. The van der Waals surface area contributed by atoms with Crippen LogP contribution in [0.2, 0.25) is 5.02 Å². The van der Waals surface area contributed by atoms with Crippen molar-refractivity contribution in [2.24, 2.45) is 5.92 Å². The van der Waals surface area contributed by atoms with E-state index in [0.717, 1.165) is 44.6 Å². The number of nitrogens with zero attached hydrogens (tertiary/aromatic N) is 2. The van der Waals surface area contributed by atoms with E-state index in [1.807, 2.05) is 24.3 Å². The van der Waals surface area contributed by atoms with Crippen LogP contribution < -0.4 is 5.32 Å². The molecule has 1 N–H and O–H groups in total. The Bertz CT molecular complexity index is 729. The summed E-state index contributed by atoms with van der Waals surface area (Å²) < 4.78 is 0. The minimum atomic E-state index is -0.0402. The van der Waals surface area contributed by atoms with Gasteiger partial charge in [-0.25, -0.2) is 4.79 Å². The van der Waals surface area contributed by atoms with Crippen molar-refractivity contribution in [1.29, 1.82) is 0 Å².